The lowest BCUT2D eigenvalue weighted by Gasteiger charge is -2.14. The van der Waals surface area contributed by atoms with E-state index in [9.17, 15) is 14.4 Å². The molecule has 0 fully saturated rings. The fourth-order valence-electron chi connectivity index (χ4n) is 2.48. The SMILES string of the molecule is CC(C(=O)NCC[C@H](N)C(=O)O)c1cccc(C(=O)c2ccccc2)c1. The Morgan fingerprint density at radius 2 is 1.69 bits per heavy atom. The lowest BCUT2D eigenvalue weighted by atomic mass is 9.95. The monoisotopic (exact) mass is 354 g/mol. The van der Waals surface area contributed by atoms with Gasteiger partial charge in [0.15, 0.2) is 5.78 Å². The number of ketones is 1. The van der Waals surface area contributed by atoms with Crippen molar-refractivity contribution in [3.05, 3.63) is 71.3 Å². The lowest BCUT2D eigenvalue weighted by molar-refractivity contribution is -0.138. The molecule has 2 aromatic carbocycles. The number of benzene rings is 2. The lowest BCUT2D eigenvalue weighted by Crippen LogP contribution is -2.36. The first-order valence-corrected chi connectivity index (χ1v) is 8.36. The topological polar surface area (TPSA) is 109 Å². The van der Waals surface area contributed by atoms with Crippen molar-refractivity contribution < 1.29 is 19.5 Å². The van der Waals surface area contributed by atoms with Gasteiger partial charge in [0.25, 0.3) is 0 Å². The molecule has 0 aliphatic carbocycles. The van der Waals surface area contributed by atoms with Crippen LogP contribution in [0, 0.1) is 0 Å². The van der Waals surface area contributed by atoms with Gasteiger partial charge in [0.05, 0.1) is 5.92 Å². The van der Waals surface area contributed by atoms with Gasteiger partial charge in [0, 0.05) is 17.7 Å². The third-order valence-electron chi connectivity index (χ3n) is 4.15. The van der Waals surface area contributed by atoms with Crippen LogP contribution in [-0.4, -0.2) is 35.4 Å². The molecule has 1 amide bonds. The summed E-state index contributed by atoms with van der Waals surface area (Å²) in [6.45, 7) is 1.91. The van der Waals surface area contributed by atoms with Crippen molar-refractivity contribution in [3.8, 4) is 0 Å². The van der Waals surface area contributed by atoms with Gasteiger partial charge in [-0.3, -0.25) is 14.4 Å². The molecule has 0 saturated heterocycles. The Morgan fingerprint density at radius 3 is 2.35 bits per heavy atom. The number of hydrogen-bond donors (Lipinski definition) is 3. The minimum atomic E-state index is -1.10. The number of nitrogens with one attached hydrogen (secondary N) is 1. The Hall–Kier alpha value is -2.99. The largest absolute Gasteiger partial charge is 0.480 e. The molecule has 0 saturated carbocycles. The van der Waals surface area contributed by atoms with Crippen molar-refractivity contribution in [1.29, 1.82) is 0 Å². The highest BCUT2D eigenvalue weighted by atomic mass is 16.4. The molecule has 0 aliphatic heterocycles. The second-order valence-corrected chi connectivity index (χ2v) is 6.07. The molecule has 0 aromatic heterocycles. The molecule has 2 aromatic rings. The summed E-state index contributed by atoms with van der Waals surface area (Å²) in [5, 5.41) is 11.4. The van der Waals surface area contributed by atoms with Gasteiger partial charge in [0.1, 0.15) is 6.04 Å². The number of amides is 1. The molecule has 0 bridgehead atoms. The van der Waals surface area contributed by atoms with Crippen molar-refractivity contribution in [1.82, 2.24) is 5.32 Å². The van der Waals surface area contributed by atoms with E-state index < -0.39 is 17.9 Å². The number of aliphatic carboxylic acids is 1. The minimum absolute atomic E-state index is 0.104. The third-order valence-corrected chi connectivity index (χ3v) is 4.15. The molecular weight excluding hydrogens is 332 g/mol. The first-order chi connectivity index (χ1) is 12.4. The normalized spacial score (nSPS) is 12.8. The van der Waals surface area contributed by atoms with Gasteiger partial charge < -0.3 is 16.2 Å². The standard InChI is InChI=1S/C20H22N2O4/c1-13(19(24)22-11-10-17(21)20(25)26)15-8-5-9-16(12-15)18(23)14-6-3-2-4-7-14/h2-9,12-13,17H,10-11,21H2,1H3,(H,22,24)(H,25,26)/t13?,17-/m0/s1. The molecule has 1 unspecified atom stereocenters. The Kier molecular flexibility index (Phi) is 6.63. The smallest absolute Gasteiger partial charge is 0.320 e. The maximum Gasteiger partial charge on any atom is 0.320 e. The van der Waals surface area contributed by atoms with Gasteiger partial charge in [-0.05, 0) is 25.0 Å². The van der Waals surface area contributed by atoms with Gasteiger partial charge in [-0.2, -0.15) is 0 Å². The Morgan fingerprint density at radius 1 is 1.04 bits per heavy atom. The first kappa shape index (κ1) is 19.3. The molecule has 6 heteroatoms. The van der Waals surface area contributed by atoms with Crippen molar-refractivity contribution in [2.24, 2.45) is 5.73 Å². The fraction of sp³-hybridized carbons (Fsp3) is 0.250. The Labute approximate surface area is 152 Å². The van der Waals surface area contributed by atoms with Gasteiger partial charge in [-0.1, -0.05) is 48.5 Å². The number of carbonyl (C=O) groups excluding carboxylic acids is 2. The molecule has 2 rings (SSSR count). The molecule has 0 radical (unpaired) electrons. The molecular formula is C20H22N2O4. The zero-order valence-corrected chi connectivity index (χ0v) is 14.5. The molecule has 6 nitrogen and oxygen atoms in total. The number of carbonyl (C=O) groups is 3. The highest BCUT2D eigenvalue weighted by Gasteiger charge is 2.18. The molecule has 0 spiro atoms. The average molecular weight is 354 g/mol. The van der Waals surface area contributed by atoms with E-state index in [0.717, 1.165) is 0 Å². The molecule has 26 heavy (non-hydrogen) atoms. The van der Waals surface area contributed by atoms with Crippen LogP contribution in [0.5, 0.6) is 0 Å². The van der Waals surface area contributed by atoms with E-state index in [4.69, 9.17) is 10.8 Å². The molecule has 0 aliphatic rings. The van der Waals surface area contributed by atoms with E-state index in [1.54, 1.807) is 55.5 Å². The second-order valence-electron chi connectivity index (χ2n) is 6.07. The van der Waals surface area contributed by atoms with Crippen LogP contribution in [0.3, 0.4) is 0 Å². The summed E-state index contributed by atoms with van der Waals surface area (Å²) in [6, 6.07) is 14.9. The van der Waals surface area contributed by atoms with E-state index in [0.29, 0.717) is 16.7 Å². The van der Waals surface area contributed by atoms with Crippen LogP contribution in [0.2, 0.25) is 0 Å². The first-order valence-electron chi connectivity index (χ1n) is 8.36. The van der Waals surface area contributed by atoms with Gasteiger partial charge in [-0.25, -0.2) is 0 Å². The predicted molar refractivity (Wildman–Crippen MR) is 98.0 cm³/mol. The van der Waals surface area contributed by atoms with Crippen LogP contribution in [0.15, 0.2) is 54.6 Å². The zero-order chi connectivity index (χ0) is 19.1. The summed E-state index contributed by atoms with van der Waals surface area (Å²) in [7, 11) is 0. The summed E-state index contributed by atoms with van der Waals surface area (Å²) in [5.74, 6) is -1.92. The van der Waals surface area contributed by atoms with Crippen LogP contribution in [0.4, 0.5) is 0 Å². The number of carboxylic acid groups (broad SMARTS) is 1. The maximum atomic E-state index is 12.5. The van der Waals surface area contributed by atoms with Crippen molar-refractivity contribution in [2.45, 2.75) is 25.3 Å². The van der Waals surface area contributed by atoms with Crippen LogP contribution in [0.1, 0.15) is 40.7 Å². The van der Waals surface area contributed by atoms with Crippen LogP contribution < -0.4 is 11.1 Å². The molecule has 136 valence electrons. The van der Waals surface area contributed by atoms with E-state index in [-0.39, 0.29) is 24.7 Å². The van der Waals surface area contributed by atoms with Crippen LogP contribution in [-0.2, 0) is 9.59 Å². The predicted octanol–water partition coefficient (Wildman–Crippen LogP) is 1.94. The molecule has 4 N–H and O–H groups in total. The minimum Gasteiger partial charge on any atom is -0.480 e. The van der Waals surface area contributed by atoms with Crippen LogP contribution >= 0.6 is 0 Å². The van der Waals surface area contributed by atoms with E-state index in [2.05, 4.69) is 5.32 Å². The quantitative estimate of drug-likeness (QED) is 0.628. The highest BCUT2D eigenvalue weighted by molar-refractivity contribution is 6.09. The maximum absolute atomic E-state index is 12.5. The summed E-state index contributed by atoms with van der Waals surface area (Å²) < 4.78 is 0. The highest BCUT2D eigenvalue weighted by Crippen LogP contribution is 2.19. The number of rotatable bonds is 8. The Bertz CT molecular complexity index is 789. The number of nitrogens with two attached hydrogens (primary N) is 1. The van der Waals surface area contributed by atoms with E-state index in [1.165, 1.54) is 0 Å². The zero-order valence-electron chi connectivity index (χ0n) is 14.5. The average Bonchev–Trinajstić information content (AvgIpc) is 2.67. The summed E-state index contributed by atoms with van der Waals surface area (Å²) in [5.41, 5.74) is 7.23. The Balaban J connectivity index is 2.03. The summed E-state index contributed by atoms with van der Waals surface area (Å²) in [6.07, 6.45) is 0.153. The third kappa shape index (κ3) is 5.00. The van der Waals surface area contributed by atoms with Gasteiger partial charge in [0.2, 0.25) is 5.91 Å². The molecule has 2 atom stereocenters. The second kappa shape index (κ2) is 8.92. The number of carboxylic acids is 1. The van der Waals surface area contributed by atoms with Gasteiger partial charge in [-0.15, -0.1) is 0 Å². The van der Waals surface area contributed by atoms with E-state index >= 15 is 0 Å². The summed E-state index contributed by atoms with van der Waals surface area (Å²) >= 11 is 0. The van der Waals surface area contributed by atoms with E-state index in [1.807, 2.05) is 6.07 Å². The summed E-state index contributed by atoms with van der Waals surface area (Å²) in [4.78, 5) is 35.5. The van der Waals surface area contributed by atoms with Crippen LogP contribution in [0.25, 0.3) is 0 Å². The van der Waals surface area contributed by atoms with Crippen molar-refractivity contribution >= 4 is 17.7 Å². The molecule has 0 heterocycles. The van der Waals surface area contributed by atoms with Gasteiger partial charge >= 0.3 is 5.97 Å². The van der Waals surface area contributed by atoms with Crippen molar-refractivity contribution in [2.75, 3.05) is 6.54 Å². The fourth-order valence-corrected chi connectivity index (χ4v) is 2.48. The number of hydrogen-bond acceptors (Lipinski definition) is 4. The van der Waals surface area contributed by atoms with Crippen molar-refractivity contribution in [3.63, 3.8) is 0 Å².